The fraction of sp³-hybridized carbons (Fsp3) is 0.900. The third-order valence-electron chi connectivity index (χ3n) is 3.22. The van der Waals surface area contributed by atoms with Gasteiger partial charge in [0, 0.05) is 13.1 Å². The quantitative estimate of drug-likeness (QED) is 0.626. The lowest BCUT2D eigenvalue weighted by Gasteiger charge is -2.31. The molecule has 1 saturated heterocycles. The molecule has 1 unspecified atom stereocenters. The Morgan fingerprint density at radius 2 is 1.85 bits per heavy atom. The molecule has 13 heavy (non-hydrogen) atoms. The summed E-state index contributed by atoms with van der Waals surface area (Å²) in [6, 6.07) is 0. The molecule has 1 saturated carbocycles. The van der Waals surface area contributed by atoms with Crippen LogP contribution in [0.1, 0.15) is 32.1 Å². The molecular weight excluding hydrogens is 186 g/mol. The van der Waals surface area contributed by atoms with E-state index < -0.39 is 0 Å². The van der Waals surface area contributed by atoms with E-state index in [9.17, 15) is 4.79 Å². The zero-order valence-electron chi connectivity index (χ0n) is 7.84. The van der Waals surface area contributed by atoms with Gasteiger partial charge in [-0.15, -0.1) is 11.6 Å². The van der Waals surface area contributed by atoms with Crippen LogP contribution in [-0.2, 0) is 4.79 Å². The van der Waals surface area contributed by atoms with Gasteiger partial charge in [-0.3, -0.25) is 4.79 Å². The minimum atomic E-state index is -0.230. The number of rotatable bonds is 2. The van der Waals surface area contributed by atoms with Crippen LogP contribution in [0.15, 0.2) is 0 Å². The Hall–Kier alpha value is -0.240. The molecule has 2 aliphatic rings. The number of alkyl halides is 1. The second kappa shape index (κ2) is 3.87. The van der Waals surface area contributed by atoms with E-state index >= 15 is 0 Å². The summed E-state index contributed by atoms with van der Waals surface area (Å²) in [7, 11) is 0. The fourth-order valence-electron chi connectivity index (χ4n) is 2.05. The number of amides is 1. The van der Waals surface area contributed by atoms with Gasteiger partial charge in [0.1, 0.15) is 5.38 Å². The maximum absolute atomic E-state index is 11.8. The Morgan fingerprint density at radius 3 is 2.31 bits per heavy atom. The van der Waals surface area contributed by atoms with Gasteiger partial charge in [-0.05, 0) is 31.6 Å². The average Bonchev–Trinajstić information content (AvgIpc) is 2.51. The van der Waals surface area contributed by atoms with E-state index in [1.165, 1.54) is 6.42 Å². The van der Waals surface area contributed by atoms with Crippen molar-refractivity contribution in [1.82, 2.24) is 4.90 Å². The van der Waals surface area contributed by atoms with Crippen LogP contribution in [0.3, 0.4) is 0 Å². The first-order chi connectivity index (χ1) is 6.29. The summed E-state index contributed by atoms with van der Waals surface area (Å²) in [5.74, 6) is 0.652. The minimum Gasteiger partial charge on any atom is -0.341 e. The first-order valence-corrected chi connectivity index (χ1v) is 5.65. The SMILES string of the molecule is O=C(C(Cl)C1CCC1)N1CCCC1. The molecule has 1 aliphatic heterocycles. The van der Waals surface area contributed by atoms with Crippen LogP contribution in [0, 0.1) is 5.92 Å². The number of carbonyl (C=O) groups is 1. The summed E-state index contributed by atoms with van der Waals surface area (Å²) in [5, 5.41) is -0.230. The second-order valence-corrected chi connectivity index (χ2v) is 4.60. The predicted molar refractivity (Wildman–Crippen MR) is 52.8 cm³/mol. The van der Waals surface area contributed by atoms with Gasteiger partial charge >= 0.3 is 0 Å². The van der Waals surface area contributed by atoms with E-state index in [0.717, 1.165) is 38.8 Å². The number of nitrogens with zero attached hydrogens (tertiary/aromatic N) is 1. The Morgan fingerprint density at radius 1 is 1.23 bits per heavy atom. The molecular formula is C10H16ClNO. The molecule has 0 bridgehead atoms. The zero-order valence-corrected chi connectivity index (χ0v) is 8.59. The van der Waals surface area contributed by atoms with E-state index in [0.29, 0.717) is 5.92 Å². The largest absolute Gasteiger partial charge is 0.341 e. The standard InChI is InChI=1S/C10H16ClNO/c11-9(8-4-3-5-8)10(13)12-6-1-2-7-12/h8-9H,1-7H2. The van der Waals surface area contributed by atoms with Gasteiger partial charge in [0.15, 0.2) is 0 Å². The molecule has 1 atom stereocenters. The Labute approximate surface area is 84.2 Å². The van der Waals surface area contributed by atoms with Gasteiger partial charge in [-0.25, -0.2) is 0 Å². The van der Waals surface area contributed by atoms with Crippen LogP contribution in [-0.4, -0.2) is 29.3 Å². The first-order valence-electron chi connectivity index (χ1n) is 5.22. The molecule has 1 aliphatic carbocycles. The number of carbonyl (C=O) groups excluding carboxylic acids is 1. The maximum Gasteiger partial charge on any atom is 0.240 e. The van der Waals surface area contributed by atoms with E-state index in [1.807, 2.05) is 4.90 Å². The Bertz CT molecular complexity index is 197. The van der Waals surface area contributed by atoms with Crippen molar-refractivity contribution in [3.8, 4) is 0 Å². The molecule has 1 amide bonds. The number of hydrogen-bond acceptors (Lipinski definition) is 1. The molecule has 2 rings (SSSR count). The van der Waals surface area contributed by atoms with Crippen LogP contribution in [0.25, 0.3) is 0 Å². The third kappa shape index (κ3) is 1.83. The van der Waals surface area contributed by atoms with Crippen LogP contribution in [0.2, 0.25) is 0 Å². The summed E-state index contributed by atoms with van der Waals surface area (Å²) in [6.07, 6.45) is 5.85. The lowest BCUT2D eigenvalue weighted by atomic mass is 9.82. The van der Waals surface area contributed by atoms with Crippen LogP contribution < -0.4 is 0 Å². The highest BCUT2D eigenvalue weighted by molar-refractivity contribution is 6.31. The highest BCUT2D eigenvalue weighted by atomic mass is 35.5. The van der Waals surface area contributed by atoms with Crippen LogP contribution >= 0.6 is 11.6 Å². The van der Waals surface area contributed by atoms with Gasteiger partial charge in [-0.1, -0.05) is 6.42 Å². The highest BCUT2D eigenvalue weighted by Crippen LogP contribution is 2.33. The molecule has 0 radical (unpaired) electrons. The first kappa shape index (κ1) is 9.32. The predicted octanol–water partition coefficient (Wildman–Crippen LogP) is 2.02. The normalized spacial score (nSPS) is 25.8. The van der Waals surface area contributed by atoms with Crippen molar-refractivity contribution < 1.29 is 4.79 Å². The summed E-state index contributed by atoms with van der Waals surface area (Å²) >= 11 is 6.12. The van der Waals surface area contributed by atoms with Gasteiger partial charge in [0.2, 0.25) is 5.91 Å². The van der Waals surface area contributed by atoms with Crippen molar-refractivity contribution in [3.05, 3.63) is 0 Å². The zero-order chi connectivity index (χ0) is 9.26. The highest BCUT2D eigenvalue weighted by Gasteiger charge is 2.34. The summed E-state index contributed by atoms with van der Waals surface area (Å²) in [6.45, 7) is 1.85. The van der Waals surface area contributed by atoms with Crippen LogP contribution in [0.4, 0.5) is 0 Å². The van der Waals surface area contributed by atoms with Crippen molar-refractivity contribution in [2.75, 3.05) is 13.1 Å². The Balaban J connectivity index is 1.87. The molecule has 2 nitrogen and oxygen atoms in total. The topological polar surface area (TPSA) is 20.3 Å². The molecule has 3 heteroatoms. The molecule has 0 aromatic heterocycles. The summed E-state index contributed by atoms with van der Waals surface area (Å²) in [4.78, 5) is 13.7. The van der Waals surface area contributed by atoms with Crippen LogP contribution in [0.5, 0.6) is 0 Å². The fourth-order valence-corrected chi connectivity index (χ4v) is 2.44. The second-order valence-electron chi connectivity index (χ2n) is 4.13. The number of likely N-dealkylation sites (tertiary alicyclic amines) is 1. The van der Waals surface area contributed by atoms with E-state index in [2.05, 4.69) is 0 Å². The molecule has 0 aromatic rings. The van der Waals surface area contributed by atoms with E-state index in [-0.39, 0.29) is 11.3 Å². The number of halogens is 1. The monoisotopic (exact) mass is 201 g/mol. The summed E-state index contributed by atoms with van der Waals surface area (Å²) in [5.41, 5.74) is 0. The van der Waals surface area contributed by atoms with Crippen molar-refractivity contribution in [2.45, 2.75) is 37.5 Å². The Kier molecular flexibility index (Phi) is 2.77. The van der Waals surface area contributed by atoms with Gasteiger partial charge in [0.25, 0.3) is 0 Å². The van der Waals surface area contributed by atoms with E-state index in [1.54, 1.807) is 0 Å². The average molecular weight is 202 g/mol. The van der Waals surface area contributed by atoms with Crippen molar-refractivity contribution in [1.29, 1.82) is 0 Å². The molecule has 1 heterocycles. The third-order valence-corrected chi connectivity index (χ3v) is 3.76. The lowest BCUT2D eigenvalue weighted by molar-refractivity contribution is -0.131. The van der Waals surface area contributed by atoms with Gasteiger partial charge in [-0.2, -0.15) is 0 Å². The molecule has 74 valence electrons. The van der Waals surface area contributed by atoms with Gasteiger partial charge in [0.05, 0.1) is 0 Å². The molecule has 0 spiro atoms. The van der Waals surface area contributed by atoms with Crippen molar-refractivity contribution in [3.63, 3.8) is 0 Å². The number of hydrogen-bond donors (Lipinski definition) is 0. The van der Waals surface area contributed by atoms with E-state index in [4.69, 9.17) is 11.6 Å². The molecule has 0 N–H and O–H groups in total. The minimum absolute atomic E-state index is 0.184. The van der Waals surface area contributed by atoms with Crippen molar-refractivity contribution >= 4 is 17.5 Å². The maximum atomic E-state index is 11.8. The molecule has 2 fully saturated rings. The van der Waals surface area contributed by atoms with Crippen molar-refractivity contribution in [2.24, 2.45) is 5.92 Å². The lowest BCUT2D eigenvalue weighted by Crippen LogP contribution is -2.40. The van der Waals surface area contributed by atoms with Gasteiger partial charge < -0.3 is 4.90 Å². The summed E-state index contributed by atoms with van der Waals surface area (Å²) < 4.78 is 0. The smallest absolute Gasteiger partial charge is 0.240 e. The molecule has 0 aromatic carbocycles.